The van der Waals surface area contributed by atoms with Crippen LogP contribution in [0.5, 0.6) is 5.75 Å². The minimum atomic E-state index is 0.139. The largest absolute Gasteiger partial charge is 0.489 e. The van der Waals surface area contributed by atoms with E-state index in [2.05, 4.69) is 36.2 Å². The molecule has 3 aromatic rings. The van der Waals surface area contributed by atoms with Crippen molar-refractivity contribution in [3.8, 4) is 5.75 Å². The van der Waals surface area contributed by atoms with Gasteiger partial charge in [0.1, 0.15) is 12.4 Å². The van der Waals surface area contributed by atoms with E-state index in [1.807, 2.05) is 66.9 Å². The van der Waals surface area contributed by atoms with Crippen molar-refractivity contribution in [2.24, 2.45) is 4.99 Å². The number of nitrogens with zero attached hydrogens (tertiary/aromatic N) is 1. The highest BCUT2D eigenvalue weighted by Gasteiger charge is 2.01. The molecule has 0 amide bonds. The van der Waals surface area contributed by atoms with Crippen LogP contribution in [0.1, 0.15) is 29.7 Å². The second-order valence-electron chi connectivity index (χ2n) is 5.71. The van der Waals surface area contributed by atoms with Gasteiger partial charge in [0, 0.05) is 6.21 Å². The van der Waals surface area contributed by atoms with E-state index in [0.717, 1.165) is 16.9 Å². The average molecular weight is 315 g/mol. The van der Waals surface area contributed by atoms with Gasteiger partial charge in [0.2, 0.25) is 0 Å². The Labute approximate surface area is 143 Å². The number of ether oxygens (including phenoxy) is 1. The summed E-state index contributed by atoms with van der Waals surface area (Å²) in [7, 11) is 0. The van der Waals surface area contributed by atoms with Crippen LogP contribution in [0.3, 0.4) is 0 Å². The maximum atomic E-state index is 5.86. The van der Waals surface area contributed by atoms with E-state index in [4.69, 9.17) is 4.74 Å². The molecule has 0 aromatic heterocycles. The summed E-state index contributed by atoms with van der Waals surface area (Å²) in [6.45, 7) is 2.67. The van der Waals surface area contributed by atoms with Crippen molar-refractivity contribution >= 4 is 6.21 Å². The second kappa shape index (κ2) is 8.11. The Balaban J connectivity index is 1.63. The minimum Gasteiger partial charge on any atom is -0.489 e. The Hall–Kier alpha value is -2.87. The average Bonchev–Trinajstić information content (AvgIpc) is 2.66. The van der Waals surface area contributed by atoms with Gasteiger partial charge < -0.3 is 4.74 Å². The predicted octanol–water partition coefficient (Wildman–Crippen LogP) is 5.45. The minimum absolute atomic E-state index is 0.139. The summed E-state index contributed by atoms with van der Waals surface area (Å²) in [5.41, 5.74) is 3.42. The van der Waals surface area contributed by atoms with Crippen molar-refractivity contribution in [1.82, 2.24) is 0 Å². The van der Waals surface area contributed by atoms with Crippen LogP contribution in [0.2, 0.25) is 0 Å². The number of aliphatic imine (C=N–C) groups is 1. The smallest absolute Gasteiger partial charge is 0.120 e. The normalized spacial score (nSPS) is 12.2. The SMILES string of the molecule is C[C@H](N=Cc1cccc(OCc2ccccc2)c1)c1ccccc1. The van der Waals surface area contributed by atoms with Crippen LogP contribution in [-0.2, 0) is 6.61 Å². The summed E-state index contributed by atoms with van der Waals surface area (Å²) in [6, 6.07) is 28.6. The van der Waals surface area contributed by atoms with Crippen molar-refractivity contribution in [2.45, 2.75) is 19.6 Å². The Kier molecular flexibility index (Phi) is 5.41. The third-order valence-corrected chi connectivity index (χ3v) is 3.84. The van der Waals surface area contributed by atoms with E-state index in [0.29, 0.717) is 6.61 Å². The maximum absolute atomic E-state index is 5.86. The molecule has 0 spiro atoms. The van der Waals surface area contributed by atoms with E-state index in [-0.39, 0.29) is 6.04 Å². The zero-order chi connectivity index (χ0) is 16.6. The molecule has 2 nitrogen and oxygen atoms in total. The van der Waals surface area contributed by atoms with Gasteiger partial charge in [0.05, 0.1) is 6.04 Å². The van der Waals surface area contributed by atoms with E-state index in [9.17, 15) is 0 Å². The Morgan fingerprint density at radius 1 is 0.875 bits per heavy atom. The first-order valence-electron chi connectivity index (χ1n) is 8.16. The molecular weight excluding hydrogens is 294 g/mol. The van der Waals surface area contributed by atoms with Crippen LogP contribution in [0.4, 0.5) is 0 Å². The van der Waals surface area contributed by atoms with Crippen LogP contribution in [0, 0.1) is 0 Å². The Bertz CT molecular complexity index is 781. The number of benzene rings is 3. The number of rotatable bonds is 6. The van der Waals surface area contributed by atoms with Crippen LogP contribution < -0.4 is 4.74 Å². The summed E-state index contributed by atoms with van der Waals surface area (Å²) in [5, 5.41) is 0. The van der Waals surface area contributed by atoms with Crippen molar-refractivity contribution < 1.29 is 4.74 Å². The fourth-order valence-electron chi connectivity index (χ4n) is 2.44. The molecule has 120 valence electrons. The first-order valence-corrected chi connectivity index (χ1v) is 8.16. The van der Waals surface area contributed by atoms with Gasteiger partial charge in [0.25, 0.3) is 0 Å². The molecule has 0 aliphatic carbocycles. The van der Waals surface area contributed by atoms with E-state index in [1.165, 1.54) is 5.56 Å². The van der Waals surface area contributed by atoms with Gasteiger partial charge in [-0.3, -0.25) is 4.99 Å². The van der Waals surface area contributed by atoms with Crippen LogP contribution in [-0.4, -0.2) is 6.21 Å². The van der Waals surface area contributed by atoms with Gasteiger partial charge in [-0.1, -0.05) is 72.8 Å². The predicted molar refractivity (Wildman–Crippen MR) is 99.7 cm³/mol. The summed E-state index contributed by atoms with van der Waals surface area (Å²) in [4.78, 5) is 4.64. The third kappa shape index (κ3) is 4.56. The molecule has 3 aromatic carbocycles. The monoisotopic (exact) mass is 315 g/mol. The topological polar surface area (TPSA) is 21.6 Å². The summed E-state index contributed by atoms with van der Waals surface area (Å²) >= 11 is 0. The van der Waals surface area contributed by atoms with Crippen molar-refractivity contribution in [2.75, 3.05) is 0 Å². The second-order valence-corrected chi connectivity index (χ2v) is 5.71. The van der Waals surface area contributed by atoms with Crippen molar-refractivity contribution in [1.29, 1.82) is 0 Å². The van der Waals surface area contributed by atoms with Gasteiger partial charge in [-0.2, -0.15) is 0 Å². The summed E-state index contributed by atoms with van der Waals surface area (Å²) in [5.74, 6) is 0.857. The summed E-state index contributed by atoms with van der Waals surface area (Å²) < 4.78 is 5.86. The van der Waals surface area contributed by atoms with E-state index in [1.54, 1.807) is 0 Å². The molecule has 24 heavy (non-hydrogen) atoms. The molecule has 0 N–H and O–H groups in total. The van der Waals surface area contributed by atoms with Gasteiger partial charge >= 0.3 is 0 Å². The molecule has 0 aliphatic rings. The quantitative estimate of drug-likeness (QED) is 0.555. The highest BCUT2D eigenvalue weighted by atomic mass is 16.5. The van der Waals surface area contributed by atoms with E-state index >= 15 is 0 Å². The molecule has 0 saturated carbocycles. The first kappa shape index (κ1) is 16.0. The zero-order valence-corrected chi connectivity index (χ0v) is 13.8. The fourth-order valence-corrected chi connectivity index (χ4v) is 2.44. The fraction of sp³-hybridized carbons (Fsp3) is 0.136. The Morgan fingerprint density at radius 3 is 2.33 bits per heavy atom. The molecule has 0 bridgehead atoms. The maximum Gasteiger partial charge on any atom is 0.120 e. The van der Waals surface area contributed by atoms with Gasteiger partial charge in [-0.05, 0) is 35.7 Å². The lowest BCUT2D eigenvalue weighted by Gasteiger charge is -2.08. The molecule has 1 atom stereocenters. The lowest BCUT2D eigenvalue weighted by Crippen LogP contribution is -1.96. The van der Waals surface area contributed by atoms with Crippen LogP contribution in [0.15, 0.2) is 89.9 Å². The lowest BCUT2D eigenvalue weighted by atomic mass is 10.1. The third-order valence-electron chi connectivity index (χ3n) is 3.84. The highest BCUT2D eigenvalue weighted by molar-refractivity contribution is 5.80. The molecule has 2 heteroatoms. The Morgan fingerprint density at radius 2 is 1.58 bits per heavy atom. The standard InChI is InChI=1S/C22H21NO/c1-18(21-12-6-3-7-13-21)23-16-20-11-8-14-22(15-20)24-17-19-9-4-2-5-10-19/h2-16,18H,17H2,1H3/t18-/m0/s1. The van der Waals surface area contributed by atoms with Crippen molar-refractivity contribution in [3.05, 3.63) is 102 Å². The highest BCUT2D eigenvalue weighted by Crippen LogP contribution is 2.17. The first-order chi connectivity index (χ1) is 11.8. The molecular formula is C22H21NO. The molecule has 0 aliphatic heterocycles. The van der Waals surface area contributed by atoms with E-state index < -0.39 is 0 Å². The zero-order valence-electron chi connectivity index (χ0n) is 13.8. The van der Waals surface area contributed by atoms with Crippen LogP contribution in [0.25, 0.3) is 0 Å². The molecule has 3 rings (SSSR count). The molecule has 0 saturated heterocycles. The molecule has 0 heterocycles. The van der Waals surface area contributed by atoms with Crippen molar-refractivity contribution in [3.63, 3.8) is 0 Å². The van der Waals surface area contributed by atoms with Gasteiger partial charge in [0.15, 0.2) is 0 Å². The lowest BCUT2D eigenvalue weighted by molar-refractivity contribution is 0.306. The number of hydrogen-bond donors (Lipinski definition) is 0. The molecule has 0 radical (unpaired) electrons. The van der Waals surface area contributed by atoms with Crippen LogP contribution >= 0.6 is 0 Å². The molecule has 0 unspecified atom stereocenters. The molecule has 0 fully saturated rings. The van der Waals surface area contributed by atoms with Gasteiger partial charge in [-0.15, -0.1) is 0 Å². The van der Waals surface area contributed by atoms with Gasteiger partial charge in [-0.25, -0.2) is 0 Å². The summed E-state index contributed by atoms with van der Waals surface area (Å²) in [6.07, 6.45) is 1.91. The number of hydrogen-bond acceptors (Lipinski definition) is 2.